The van der Waals surface area contributed by atoms with Crippen LogP contribution in [0.2, 0.25) is 0 Å². The molecule has 18 heavy (non-hydrogen) atoms. The third-order valence-electron chi connectivity index (χ3n) is 3.56. The van der Waals surface area contributed by atoms with Gasteiger partial charge in [-0.05, 0) is 52.9 Å². The van der Waals surface area contributed by atoms with Crippen LogP contribution in [0.4, 0.5) is 0 Å². The fourth-order valence-corrected chi connectivity index (χ4v) is 4.15. The number of rotatable bonds is 3. The quantitative estimate of drug-likeness (QED) is 0.871. The second-order valence-electron chi connectivity index (χ2n) is 4.79. The smallest absolute Gasteiger partial charge is 0.0329 e. The van der Waals surface area contributed by atoms with Crippen molar-refractivity contribution in [1.29, 1.82) is 0 Å². The van der Waals surface area contributed by atoms with Crippen molar-refractivity contribution in [1.82, 2.24) is 5.32 Å². The Labute approximate surface area is 120 Å². The summed E-state index contributed by atoms with van der Waals surface area (Å²) in [6.07, 6.45) is 2.44. The van der Waals surface area contributed by atoms with Gasteiger partial charge in [0.15, 0.2) is 0 Å². The molecule has 1 nitrogen and oxygen atoms in total. The number of fused-ring (bicyclic) bond motifs is 1. The normalized spacial score (nSPS) is 18.0. The largest absolute Gasteiger partial charge is 0.305 e. The van der Waals surface area contributed by atoms with E-state index in [4.69, 9.17) is 0 Å². The Morgan fingerprint density at radius 3 is 3.00 bits per heavy atom. The summed E-state index contributed by atoms with van der Waals surface area (Å²) in [6, 6.07) is 11.6. The summed E-state index contributed by atoms with van der Waals surface area (Å²) in [5.74, 6) is 0. The standard InChI is InChI=1S/C15H16BrNS/c1-10-14(16)8-12(18-10)9-17-15-7-6-11-4-2-3-5-13(11)15/h2-5,8,15,17H,6-7,9H2,1H3. The molecule has 3 rings (SSSR count). The lowest BCUT2D eigenvalue weighted by molar-refractivity contribution is 0.533. The molecule has 0 radical (unpaired) electrons. The van der Waals surface area contributed by atoms with E-state index in [2.05, 4.69) is 58.5 Å². The van der Waals surface area contributed by atoms with Crippen LogP contribution < -0.4 is 5.32 Å². The molecule has 0 fully saturated rings. The first kappa shape index (κ1) is 12.4. The minimum atomic E-state index is 0.530. The van der Waals surface area contributed by atoms with Gasteiger partial charge in [-0.25, -0.2) is 0 Å². The van der Waals surface area contributed by atoms with Gasteiger partial charge in [0, 0.05) is 26.8 Å². The average molecular weight is 322 g/mol. The Morgan fingerprint density at radius 2 is 2.22 bits per heavy atom. The zero-order chi connectivity index (χ0) is 12.5. The second kappa shape index (κ2) is 5.16. The molecule has 1 atom stereocenters. The zero-order valence-electron chi connectivity index (χ0n) is 10.4. The van der Waals surface area contributed by atoms with Gasteiger partial charge in [0.2, 0.25) is 0 Å². The molecule has 0 amide bonds. The molecule has 0 saturated heterocycles. The fraction of sp³-hybridized carbons (Fsp3) is 0.333. The number of hydrogen-bond acceptors (Lipinski definition) is 2. The first-order valence-corrected chi connectivity index (χ1v) is 7.91. The van der Waals surface area contributed by atoms with E-state index < -0.39 is 0 Å². The van der Waals surface area contributed by atoms with Crippen LogP contribution in [0.1, 0.15) is 33.3 Å². The van der Waals surface area contributed by atoms with Crippen molar-refractivity contribution in [3.05, 3.63) is 55.7 Å². The summed E-state index contributed by atoms with van der Waals surface area (Å²) in [5, 5.41) is 3.68. The van der Waals surface area contributed by atoms with Crippen LogP contribution >= 0.6 is 27.3 Å². The summed E-state index contributed by atoms with van der Waals surface area (Å²) >= 11 is 5.45. The predicted molar refractivity (Wildman–Crippen MR) is 81.1 cm³/mol. The summed E-state index contributed by atoms with van der Waals surface area (Å²) in [4.78, 5) is 2.77. The van der Waals surface area contributed by atoms with Gasteiger partial charge >= 0.3 is 0 Å². The van der Waals surface area contributed by atoms with Gasteiger partial charge in [-0.3, -0.25) is 0 Å². The van der Waals surface area contributed by atoms with Gasteiger partial charge in [-0.15, -0.1) is 11.3 Å². The van der Waals surface area contributed by atoms with E-state index in [1.165, 1.54) is 38.2 Å². The number of thiophene rings is 1. The van der Waals surface area contributed by atoms with Crippen LogP contribution in [0.5, 0.6) is 0 Å². The van der Waals surface area contributed by atoms with E-state index in [0.29, 0.717) is 6.04 Å². The Balaban J connectivity index is 1.68. The summed E-state index contributed by atoms with van der Waals surface area (Å²) in [7, 11) is 0. The van der Waals surface area contributed by atoms with Crippen molar-refractivity contribution < 1.29 is 0 Å². The lowest BCUT2D eigenvalue weighted by Crippen LogP contribution is -2.17. The van der Waals surface area contributed by atoms with Crippen LogP contribution in [-0.2, 0) is 13.0 Å². The number of hydrogen-bond donors (Lipinski definition) is 1. The third kappa shape index (κ3) is 2.40. The van der Waals surface area contributed by atoms with Crippen LogP contribution in [0.25, 0.3) is 0 Å². The topological polar surface area (TPSA) is 12.0 Å². The van der Waals surface area contributed by atoms with Crippen LogP contribution in [0.3, 0.4) is 0 Å². The number of halogens is 1. The maximum atomic E-state index is 3.68. The van der Waals surface area contributed by atoms with E-state index in [-0.39, 0.29) is 0 Å². The molecule has 0 bridgehead atoms. The van der Waals surface area contributed by atoms with Gasteiger partial charge in [0.25, 0.3) is 0 Å². The molecule has 94 valence electrons. The first-order valence-electron chi connectivity index (χ1n) is 6.30. The lowest BCUT2D eigenvalue weighted by atomic mass is 10.1. The van der Waals surface area contributed by atoms with Crippen molar-refractivity contribution in [2.24, 2.45) is 0 Å². The summed E-state index contributed by atoms with van der Waals surface area (Å²) in [6.45, 7) is 3.12. The molecule has 1 aliphatic carbocycles. The zero-order valence-corrected chi connectivity index (χ0v) is 12.8. The second-order valence-corrected chi connectivity index (χ2v) is 6.98. The number of benzene rings is 1. The molecule has 1 unspecified atom stereocenters. The van der Waals surface area contributed by atoms with E-state index in [1.807, 2.05) is 11.3 Å². The molecule has 1 N–H and O–H groups in total. The molecule has 0 spiro atoms. The van der Waals surface area contributed by atoms with E-state index in [9.17, 15) is 0 Å². The van der Waals surface area contributed by atoms with Crippen molar-refractivity contribution in [2.75, 3.05) is 0 Å². The molecule has 2 aromatic rings. The molecule has 1 heterocycles. The molecule has 1 aliphatic rings. The van der Waals surface area contributed by atoms with Crippen LogP contribution in [-0.4, -0.2) is 0 Å². The monoisotopic (exact) mass is 321 g/mol. The van der Waals surface area contributed by atoms with Crippen LogP contribution in [0.15, 0.2) is 34.8 Å². The van der Waals surface area contributed by atoms with E-state index in [0.717, 1.165) is 6.54 Å². The SMILES string of the molecule is Cc1sc(CNC2CCc3ccccc32)cc1Br. The minimum absolute atomic E-state index is 0.530. The Bertz CT molecular complexity index is 542. The van der Waals surface area contributed by atoms with Gasteiger partial charge in [-0.2, -0.15) is 0 Å². The maximum absolute atomic E-state index is 3.68. The summed E-state index contributed by atoms with van der Waals surface area (Å²) < 4.78 is 1.23. The molecule has 0 saturated carbocycles. The third-order valence-corrected chi connectivity index (χ3v) is 5.70. The Kier molecular flexibility index (Phi) is 3.55. The van der Waals surface area contributed by atoms with Gasteiger partial charge < -0.3 is 5.32 Å². The Hall–Kier alpha value is -0.640. The molecular weight excluding hydrogens is 306 g/mol. The van der Waals surface area contributed by atoms with Crippen molar-refractivity contribution in [3.8, 4) is 0 Å². The average Bonchev–Trinajstić information content (AvgIpc) is 2.92. The highest BCUT2D eigenvalue weighted by Gasteiger charge is 2.21. The maximum Gasteiger partial charge on any atom is 0.0329 e. The van der Waals surface area contributed by atoms with Gasteiger partial charge in [0.05, 0.1) is 0 Å². The first-order chi connectivity index (χ1) is 8.74. The van der Waals surface area contributed by atoms with Crippen molar-refractivity contribution in [3.63, 3.8) is 0 Å². The number of nitrogens with one attached hydrogen (secondary N) is 1. The fourth-order valence-electron chi connectivity index (χ4n) is 2.60. The molecular formula is C15H16BrNS. The highest BCUT2D eigenvalue weighted by molar-refractivity contribution is 9.10. The Morgan fingerprint density at radius 1 is 1.39 bits per heavy atom. The van der Waals surface area contributed by atoms with E-state index in [1.54, 1.807) is 0 Å². The molecule has 1 aromatic carbocycles. The minimum Gasteiger partial charge on any atom is -0.305 e. The lowest BCUT2D eigenvalue weighted by Gasteiger charge is -2.13. The van der Waals surface area contributed by atoms with Gasteiger partial charge in [-0.1, -0.05) is 24.3 Å². The van der Waals surface area contributed by atoms with E-state index >= 15 is 0 Å². The van der Waals surface area contributed by atoms with Crippen molar-refractivity contribution >= 4 is 27.3 Å². The molecule has 0 aliphatic heterocycles. The van der Waals surface area contributed by atoms with Gasteiger partial charge in [0.1, 0.15) is 0 Å². The van der Waals surface area contributed by atoms with Crippen molar-refractivity contribution in [2.45, 2.75) is 32.4 Å². The molecule has 3 heteroatoms. The molecule has 1 aromatic heterocycles. The predicted octanol–water partition coefficient (Wildman–Crippen LogP) is 4.60. The highest BCUT2D eigenvalue weighted by atomic mass is 79.9. The van der Waals surface area contributed by atoms with Crippen LogP contribution in [0, 0.1) is 6.92 Å². The summed E-state index contributed by atoms with van der Waals surface area (Å²) in [5.41, 5.74) is 3.00. The highest BCUT2D eigenvalue weighted by Crippen LogP contribution is 2.32. The number of aryl methyl sites for hydroxylation is 2.